The largest absolute Gasteiger partial charge is 0.309 e. The number of rotatable bonds is 5. The van der Waals surface area contributed by atoms with Crippen LogP contribution in [0.5, 0.6) is 0 Å². The van der Waals surface area contributed by atoms with Crippen molar-refractivity contribution in [3.63, 3.8) is 0 Å². The van der Waals surface area contributed by atoms with E-state index in [0.717, 1.165) is 11.8 Å². The molecule has 0 saturated heterocycles. The molecule has 0 N–H and O–H groups in total. The molecular weight excluding hydrogens is 134 g/mol. The molecule has 0 rings (SSSR count). The second-order valence-electron chi connectivity index (χ2n) is 4.17. The summed E-state index contributed by atoms with van der Waals surface area (Å²) in [6, 6.07) is 0. The zero-order valence-corrected chi connectivity index (χ0v) is 8.72. The molecule has 0 bridgehead atoms. The van der Waals surface area contributed by atoms with Crippen molar-refractivity contribution in [3.8, 4) is 0 Å². The van der Waals surface area contributed by atoms with E-state index in [1.54, 1.807) is 0 Å². The molecule has 0 aliphatic rings. The van der Waals surface area contributed by atoms with Crippen LogP contribution in [0.2, 0.25) is 0 Å². The Bertz CT molecular complexity index is 76.9. The maximum atomic E-state index is 2.30. The molecule has 0 amide bonds. The van der Waals surface area contributed by atoms with Gasteiger partial charge in [-0.05, 0) is 32.4 Å². The average molecular weight is 157 g/mol. The summed E-state index contributed by atoms with van der Waals surface area (Å²) < 4.78 is 0. The summed E-state index contributed by atoms with van der Waals surface area (Å²) in [7, 11) is 4.31. The van der Waals surface area contributed by atoms with Crippen molar-refractivity contribution in [1.29, 1.82) is 0 Å². The summed E-state index contributed by atoms with van der Waals surface area (Å²) in [6.07, 6.45) is 2.69. The Hall–Kier alpha value is -0.0400. The summed E-state index contributed by atoms with van der Waals surface area (Å²) in [5.41, 5.74) is 0. The zero-order valence-electron chi connectivity index (χ0n) is 8.72. The fourth-order valence-corrected chi connectivity index (χ4v) is 1.55. The predicted molar refractivity (Wildman–Crippen MR) is 51.8 cm³/mol. The predicted octanol–water partition coefficient (Wildman–Crippen LogP) is 2.62. The van der Waals surface area contributed by atoms with Crippen LogP contribution in [0.25, 0.3) is 0 Å². The lowest BCUT2D eigenvalue weighted by atomic mass is 9.94. The summed E-state index contributed by atoms with van der Waals surface area (Å²) in [5, 5.41) is 0. The molecule has 11 heavy (non-hydrogen) atoms. The Labute approximate surface area is 71.8 Å². The van der Waals surface area contributed by atoms with Crippen LogP contribution in [0.15, 0.2) is 0 Å². The van der Waals surface area contributed by atoms with Crippen molar-refractivity contribution in [1.82, 2.24) is 4.90 Å². The molecule has 0 fully saturated rings. The fraction of sp³-hybridized carbons (Fsp3) is 1.00. The van der Waals surface area contributed by atoms with E-state index in [2.05, 4.69) is 39.8 Å². The molecule has 0 radical (unpaired) electrons. The Kier molecular flexibility index (Phi) is 5.57. The number of hydrogen-bond donors (Lipinski definition) is 0. The minimum Gasteiger partial charge on any atom is -0.309 e. The van der Waals surface area contributed by atoms with Crippen molar-refractivity contribution in [2.24, 2.45) is 11.8 Å². The van der Waals surface area contributed by atoms with Gasteiger partial charge >= 0.3 is 0 Å². The Morgan fingerprint density at radius 2 is 1.73 bits per heavy atom. The van der Waals surface area contributed by atoms with Gasteiger partial charge in [0.05, 0.1) is 0 Å². The topological polar surface area (TPSA) is 3.24 Å². The van der Waals surface area contributed by atoms with E-state index in [9.17, 15) is 0 Å². The highest BCUT2D eigenvalue weighted by atomic mass is 15.1. The van der Waals surface area contributed by atoms with Crippen LogP contribution in [-0.4, -0.2) is 25.5 Å². The standard InChI is InChI=1S/C10H23N/c1-6-10(7-9(2)3)8-11(4)5/h9-10H,6-8H2,1-5H3. The van der Waals surface area contributed by atoms with Gasteiger partial charge in [-0.1, -0.05) is 27.2 Å². The van der Waals surface area contributed by atoms with Gasteiger partial charge in [-0.3, -0.25) is 0 Å². The van der Waals surface area contributed by atoms with Gasteiger partial charge in [-0.2, -0.15) is 0 Å². The lowest BCUT2D eigenvalue weighted by molar-refractivity contribution is 0.283. The highest BCUT2D eigenvalue weighted by molar-refractivity contribution is 4.62. The van der Waals surface area contributed by atoms with Gasteiger partial charge in [0.2, 0.25) is 0 Å². The summed E-state index contributed by atoms with van der Waals surface area (Å²) in [5.74, 6) is 1.74. The van der Waals surface area contributed by atoms with Gasteiger partial charge < -0.3 is 4.90 Å². The summed E-state index contributed by atoms with van der Waals surface area (Å²) in [6.45, 7) is 8.14. The third-order valence-corrected chi connectivity index (χ3v) is 2.01. The van der Waals surface area contributed by atoms with Crippen molar-refractivity contribution < 1.29 is 0 Å². The third-order valence-electron chi connectivity index (χ3n) is 2.01. The molecule has 1 nitrogen and oxygen atoms in total. The molecule has 1 unspecified atom stereocenters. The first-order valence-electron chi connectivity index (χ1n) is 4.71. The first-order valence-corrected chi connectivity index (χ1v) is 4.71. The van der Waals surface area contributed by atoms with Crippen LogP contribution in [0.4, 0.5) is 0 Å². The molecule has 0 aromatic heterocycles. The second-order valence-corrected chi connectivity index (χ2v) is 4.17. The van der Waals surface area contributed by atoms with Gasteiger partial charge in [0.15, 0.2) is 0 Å². The fourth-order valence-electron chi connectivity index (χ4n) is 1.55. The first-order chi connectivity index (χ1) is 5.06. The molecular formula is C10H23N. The van der Waals surface area contributed by atoms with Gasteiger partial charge in [0.1, 0.15) is 0 Å². The van der Waals surface area contributed by atoms with Crippen LogP contribution in [0.1, 0.15) is 33.6 Å². The first kappa shape index (κ1) is 11.0. The van der Waals surface area contributed by atoms with Crippen molar-refractivity contribution in [2.75, 3.05) is 20.6 Å². The highest BCUT2D eigenvalue weighted by Crippen LogP contribution is 2.15. The quantitative estimate of drug-likeness (QED) is 0.593. The molecule has 0 heterocycles. The lowest BCUT2D eigenvalue weighted by Crippen LogP contribution is -2.22. The molecule has 0 aliphatic carbocycles. The van der Waals surface area contributed by atoms with Crippen LogP contribution in [-0.2, 0) is 0 Å². The Morgan fingerprint density at radius 3 is 2.00 bits per heavy atom. The Morgan fingerprint density at radius 1 is 1.18 bits per heavy atom. The SMILES string of the molecule is CCC(CC(C)C)CN(C)C. The zero-order chi connectivity index (χ0) is 8.85. The molecule has 1 heteroatoms. The Balaban J connectivity index is 3.58. The minimum absolute atomic E-state index is 0.847. The third kappa shape index (κ3) is 6.36. The lowest BCUT2D eigenvalue weighted by Gasteiger charge is -2.20. The normalized spacial score (nSPS) is 14.5. The van der Waals surface area contributed by atoms with E-state index in [-0.39, 0.29) is 0 Å². The van der Waals surface area contributed by atoms with Crippen LogP contribution in [0, 0.1) is 11.8 Å². The van der Waals surface area contributed by atoms with Gasteiger partial charge in [-0.15, -0.1) is 0 Å². The van der Waals surface area contributed by atoms with E-state index in [0.29, 0.717) is 0 Å². The smallest absolute Gasteiger partial charge is 0.000355 e. The molecule has 0 aliphatic heterocycles. The maximum Gasteiger partial charge on any atom is 0.000355 e. The minimum atomic E-state index is 0.847. The molecule has 0 aromatic rings. The summed E-state index contributed by atoms with van der Waals surface area (Å²) in [4.78, 5) is 2.29. The molecule has 0 spiro atoms. The molecule has 0 aromatic carbocycles. The second kappa shape index (κ2) is 5.59. The average Bonchev–Trinajstić information content (AvgIpc) is 1.84. The van der Waals surface area contributed by atoms with E-state index >= 15 is 0 Å². The monoisotopic (exact) mass is 157 g/mol. The molecule has 1 atom stereocenters. The van der Waals surface area contributed by atoms with Gasteiger partial charge in [0.25, 0.3) is 0 Å². The van der Waals surface area contributed by atoms with Gasteiger partial charge in [-0.25, -0.2) is 0 Å². The van der Waals surface area contributed by atoms with Crippen LogP contribution in [0.3, 0.4) is 0 Å². The van der Waals surface area contributed by atoms with E-state index in [4.69, 9.17) is 0 Å². The van der Waals surface area contributed by atoms with Crippen LogP contribution < -0.4 is 0 Å². The van der Waals surface area contributed by atoms with Crippen molar-refractivity contribution in [2.45, 2.75) is 33.6 Å². The van der Waals surface area contributed by atoms with Crippen LogP contribution >= 0.6 is 0 Å². The molecule has 0 saturated carbocycles. The van der Waals surface area contributed by atoms with Crippen molar-refractivity contribution in [3.05, 3.63) is 0 Å². The summed E-state index contributed by atoms with van der Waals surface area (Å²) >= 11 is 0. The van der Waals surface area contributed by atoms with E-state index in [1.165, 1.54) is 19.4 Å². The van der Waals surface area contributed by atoms with E-state index in [1.807, 2.05) is 0 Å². The van der Waals surface area contributed by atoms with Gasteiger partial charge in [0, 0.05) is 6.54 Å². The number of nitrogens with zero attached hydrogens (tertiary/aromatic N) is 1. The van der Waals surface area contributed by atoms with E-state index < -0.39 is 0 Å². The molecule has 68 valence electrons. The highest BCUT2D eigenvalue weighted by Gasteiger charge is 2.08. The number of hydrogen-bond acceptors (Lipinski definition) is 1. The van der Waals surface area contributed by atoms with Crippen molar-refractivity contribution >= 4 is 0 Å². The maximum absolute atomic E-state index is 2.30.